The lowest BCUT2D eigenvalue weighted by molar-refractivity contribution is 0.0928. The van der Waals surface area contributed by atoms with E-state index in [-0.39, 0.29) is 17.7 Å². The fraction of sp³-hybridized carbons (Fsp3) is 0.684. The average molecular weight is 336 g/mol. The Hall–Kier alpha value is -0.683. The number of aliphatic hydroxyl groups excluding tert-OH is 1. The second kappa shape index (κ2) is 7.47. The number of nitrogens with zero attached hydrogens (tertiary/aromatic N) is 1. The summed E-state index contributed by atoms with van der Waals surface area (Å²) in [4.78, 5) is 2.45. The molecule has 1 aliphatic rings. The van der Waals surface area contributed by atoms with E-state index in [2.05, 4.69) is 69.1 Å². The zero-order chi connectivity index (χ0) is 17.1. The highest BCUT2D eigenvalue weighted by Crippen LogP contribution is 2.37. The molecule has 2 atom stereocenters. The fourth-order valence-electron chi connectivity index (χ4n) is 2.96. The minimum absolute atomic E-state index is 0.240. The molecule has 0 radical (unpaired) electrons. The maximum Gasteiger partial charge on any atom is 0.192 e. The van der Waals surface area contributed by atoms with Crippen LogP contribution in [0, 0.1) is 0 Å². The van der Waals surface area contributed by atoms with E-state index in [4.69, 9.17) is 4.43 Å². The quantitative estimate of drug-likeness (QED) is 0.797. The largest absolute Gasteiger partial charge is 0.415 e. The number of hydrogen-bond donors (Lipinski definition) is 1. The Balaban J connectivity index is 2.02. The van der Waals surface area contributed by atoms with E-state index in [9.17, 15) is 5.11 Å². The third-order valence-electron chi connectivity index (χ3n) is 5.63. The third kappa shape index (κ3) is 4.66. The summed E-state index contributed by atoms with van der Waals surface area (Å²) in [5, 5.41) is 9.96. The van der Waals surface area contributed by atoms with Crippen molar-refractivity contribution in [2.75, 3.05) is 13.2 Å². The van der Waals surface area contributed by atoms with Gasteiger partial charge in [0, 0.05) is 25.2 Å². The van der Waals surface area contributed by atoms with Gasteiger partial charge in [0.2, 0.25) is 0 Å². The summed E-state index contributed by atoms with van der Waals surface area (Å²) >= 11 is 0. The molecule has 0 bridgehead atoms. The topological polar surface area (TPSA) is 32.7 Å². The average Bonchev–Trinajstić information content (AvgIpc) is 2.87. The molecule has 0 saturated carbocycles. The highest BCUT2D eigenvalue weighted by atomic mass is 28.4. The van der Waals surface area contributed by atoms with Crippen molar-refractivity contribution in [2.45, 2.75) is 70.4 Å². The molecule has 130 valence electrons. The molecule has 0 amide bonds. The maximum absolute atomic E-state index is 9.72. The van der Waals surface area contributed by atoms with Gasteiger partial charge in [-0.3, -0.25) is 4.90 Å². The fourth-order valence-corrected chi connectivity index (χ4v) is 4.01. The maximum atomic E-state index is 9.72. The summed E-state index contributed by atoms with van der Waals surface area (Å²) in [6, 6.07) is 11.2. The molecular weight excluding hydrogens is 302 g/mol. The molecule has 1 aromatic rings. The second-order valence-corrected chi connectivity index (χ2v) is 13.1. The molecular formula is C19H33NO2Si. The Labute approximate surface area is 142 Å². The first kappa shape index (κ1) is 18.7. The van der Waals surface area contributed by atoms with Gasteiger partial charge in [0.05, 0.1) is 6.61 Å². The van der Waals surface area contributed by atoms with E-state index in [1.54, 1.807) is 0 Å². The number of hydrogen-bond acceptors (Lipinski definition) is 3. The molecule has 1 aromatic carbocycles. The van der Waals surface area contributed by atoms with Gasteiger partial charge in [0.15, 0.2) is 8.32 Å². The summed E-state index contributed by atoms with van der Waals surface area (Å²) in [5.74, 6) is 0. The summed E-state index contributed by atoms with van der Waals surface area (Å²) in [7, 11) is -1.72. The summed E-state index contributed by atoms with van der Waals surface area (Å²) in [5.41, 5.74) is 1.31. The van der Waals surface area contributed by atoms with Crippen molar-refractivity contribution in [1.82, 2.24) is 4.90 Å². The van der Waals surface area contributed by atoms with Crippen LogP contribution < -0.4 is 0 Å². The lowest BCUT2D eigenvalue weighted by atomic mass is 10.2. The first-order valence-electron chi connectivity index (χ1n) is 8.79. The highest BCUT2D eigenvalue weighted by Gasteiger charge is 2.40. The number of benzene rings is 1. The van der Waals surface area contributed by atoms with E-state index in [0.717, 1.165) is 26.0 Å². The number of aliphatic hydroxyl groups is 1. The molecule has 3 nitrogen and oxygen atoms in total. The molecule has 2 unspecified atom stereocenters. The molecule has 1 fully saturated rings. The molecule has 2 rings (SSSR count). The molecule has 0 aromatic heterocycles. The predicted molar refractivity (Wildman–Crippen MR) is 99.0 cm³/mol. The van der Waals surface area contributed by atoms with Gasteiger partial charge in [-0.25, -0.2) is 0 Å². The van der Waals surface area contributed by atoms with Crippen LogP contribution in [0.5, 0.6) is 0 Å². The number of likely N-dealkylation sites (tertiary alicyclic amines) is 1. The van der Waals surface area contributed by atoms with Gasteiger partial charge >= 0.3 is 0 Å². The van der Waals surface area contributed by atoms with Gasteiger partial charge in [-0.1, -0.05) is 51.1 Å². The van der Waals surface area contributed by atoms with Gasteiger partial charge in [-0.05, 0) is 36.5 Å². The van der Waals surface area contributed by atoms with Crippen LogP contribution in [-0.2, 0) is 11.0 Å². The van der Waals surface area contributed by atoms with E-state index < -0.39 is 8.32 Å². The normalized spacial score (nSPS) is 23.4. The van der Waals surface area contributed by atoms with Crippen molar-refractivity contribution in [3.63, 3.8) is 0 Å². The Bertz CT molecular complexity index is 484. The zero-order valence-corrected chi connectivity index (χ0v) is 16.4. The molecule has 1 N–H and O–H groups in total. The van der Waals surface area contributed by atoms with Crippen molar-refractivity contribution >= 4 is 8.32 Å². The van der Waals surface area contributed by atoms with Crippen molar-refractivity contribution in [1.29, 1.82) is 0 Å². The second-order valence-electron chi connectivity index (χ2n) is 8.30. The SMILES string of the molecule is CC(C)(C)[Si](C)(C)OCC1CCC(CO)N1Cc1ccccc1. The molecule has 23 heavy (non-hydrogen) atoms. The minimum atomic E-state index is -1.72. The van der Waals surface area contributed by atoms with Gasteiger partial charge in [0.1, 0.15) is 0 Å². The van der Waals surface area contributed by atoms with Crippen molar-refractivity contribution in [3.8, 4) is 0 Å². The van der Waals surface area contributed by atoms with Crippen LogP contribution in [0.1, 0.15) is 39.2 Å². The zero-order valence-electron chi connectivity index (χ0n) is 15.4. The van der Waals surface area contributed by atoms with Crippen LogP contribution in [0.2, 0.25) is 18.1 Å². The Morgan fingerprint density at radius 2 is 1.74 bits per heavy atom. The van der Waals surface area contributed by atoms with E-state index in [1.807, 2.05) is 0 Å². The Kier molecular flexibility index (Phi) is 6.06. The van der Waals surface area contributed by atoms with Gasteiger partial charge in [0.25, 0.3) is 0 Å². The molecule has 1 heterocycles. The minimum Gasteiger partial charge on any atom is -0.415 e. The third-order valence-corrected chi connectivity index (χ3v) is 10.1. The van der Waals surface area contributed by atoms with Crippen molar-refractivity contribution < 1.29 is 9.53 Å². The van der Waals surface area contributed by atoms with Gasteiger partial charge in [-0.15, -0.1) is 0 Å². The standard InChI is InChI=1S/C19H33NO2Si/c1-19(2,3)23(4,5)22-15-18-12-11-17(14-21)20(18)13-16-9-7-6-8-10-16/h6-10,17-18,21H,11-15H2,1-5H3. The van der Waals surface area contributed by atoms with Crippen LogP contribution in [0.4, 0.5) is 0 Å². The van der Waals surface area contributed by atoms with Crippen molar-refractivity contribution in [2.24, 2.45) is 0 Å². The lowest BCUT2D eigenvalue weighted by Crippen LogP contribution is -2.46. The van der Waals surface area contributed by atoms with Crippen LogP contribution in [0.15, 0.2) is 30.3 Å². The van der Waals surface area contributed by atoms with E-state index in [0.29, 0.717) is 6.04 Å². The highest BCUT2D eigenvalue weighted by molar-refractivity contribution is 6.74. The molecule has 1 aliphatic heterocycles. The van der Waals surface area contributed by atoms with Crippen LogP contribution in [0.25, 0.3) is 0 Å². The summed E-state index contributed by atoms with van der Waals surface area (Å²) in [6.07, 6.45) is 2.18. The van der Waals surface area contributed by atoms with Gasteiger partial charge in [-0.2, -0.15) is 0 Å². The van der Waals surface area contributed by atoms with E-state index in [1.165, 1.54) is 5.56 Å². The monoisotopic (exact) mass is 335 g/mol. The number of rotatable bonds is 6. The van der Waals surface area contributed by atoms with Crippen molar-refractivity contribution in [3.05, 3.63) is 35.9 Å². The lowest BCUT2D eigenvalue weighted by Gasteiger charge is -2.38. The van der Waals surface area contributed by atoms with Crippen LogP contribution in [-0.4, -0.2) is 43.6 Å². The van der Waals surface area contributed by atoms with Gasteiger partial charge < -0.3 is 9.53 Å². The molecule has 1 saturated heterocycles. The smallest absolute Gasteiger partial charge is 0.192 e. The Morgan fingerprint density at radius 1 is 1.13 bits per heavy atom. The first-order valence-corrected chi connectivity index (χ1v) is 11.7. The summed E-state index contributed by atoms with van der Waals surface area (Å²) in [6.45, 7) is 13.4. The Morgan fingerprint density at radius 3 is 2.30 bits per heavy atom. The molecule has 0 spiro atoms. The first-order chi connectivity index (χ1) is 10.7. The van der Waals surface area contributed by atoms with Crippen LogP contribution >= 0.6 is 0 Å². The van der Waals surface area contributed by atoms with Crippen LogP contribution in [0.3, 0.4) is 0 Å². The molecule has 0 aliphatic carbocycles. The molecule has 4 heteroatoms. The predicted octanol–water partition coefficient (Wildman–Crippen LogP) is 4.03. The van der Waals surface area contributed by atoms with E-state index >= 15 is 0 Å². The summed E-state index contributed by atoms with van der Waals surface area (Å²) < 4.78 is 6.45.